The molecule has 11 heteroatoms. The third-order valence-corrected chi connectivity index (χ3v) is 5.67. The lowest BCUT2D eigenvalue weighted by molar-refractivity contribution is -0.144. The van der Waals surface area contributed by atoms with E-state index >= 15 is 0 Å². The average Bonchev–Trinajstić information content (AvgIpc) is 2.71. The minimum Gasteiger partial charge on any atom is -0.481 e. The van der Waals surface area contributed by atoms with Crippen LogP contribution in [0.25, 0.3) is 0 Å². The third kappa shape index (κ3) is 10.8. The van der Waals surface area contributed by atoms with Crippen LogP contribution in [0.3, 0.4) is 0 Å². The summed E-state index contributed by atoms with van der Waals surface area (Å²) in [5.41, 5.74) is -0.673. The van der Waals surface area contributed by atoms with Crippen molar-refractivity contribution in [3.63, 3.8) is 0 Å². The topological polar surface area (TPSA) is 171 Å². The quantitative estimate of drug-likeness (QED) is 0.295. The molecular weight excluding hydrogens is 446 g/mol. The van der Waals surface area contributed by atoms with Gasteiger partial charge in [0, 0.05) is 18.9 Å². The molecule has 0 aromatic heterocycles. The Morgan fingerprint density at radius 2 is 1.56 bits per heavy atom. The van der Waals surface area contributed by atoms with Gasteiger partial charge in [0.05, 0.1) is 0 Å². The fourth-order valence-electron chi connectivity index (χ4n) is 3.77. The van der Waals surface area contributed by atoms with E-state index in [-0.39, 0.29) is 42.4 Å². The van der Waals surface area contributed by atoms with Gasteiger partial charge in [0.15, 0.2) is 0 Å². The number of aliphatic carboxylic acids is 2. The number of hydrogen-bond donors (Lipinski definition) is 5. The van der Waals surface area contributed by atoms with Gasteiger partial charge in [-0.15, -0.1) is 0 Å². The monoisotopic (exact) mass is 485 g/mol. The summed E-state index contributed by atoms with van der Waals surface area (Å²) in [6.45, 7) is 9.28. The Balaban J connectivity index is 2.50. The molecule has 1 aliphatic rings. The first-order valence-corrected chi connectivity index (χ1v) is 11.7. The molecule has 1 fully saturated rings. The molecule has 3 amide bonds. The SMILES string of the molecule is CC(C)[C@@H](NC(=O)OC(C)(C)C)C(=O)NCC1CCC(C(=O)N[C@H](CCC(=O)O)C(=O)O)CC1. The zero-order chi connectivity index (χ0) is 26.1. The predicted octanol–water partition coefficient (Wildman–Crippen LogP) is 1.89. The fraction of sp³-hybridized carbons (Fsp3) is 0.783. The number of hydrogen-bond acceptors (Lipinski definition) is 6. The maximum Gasteiger partial charge on any atom is 0.408 e. The Morgan fingerprint density at radius 1 is 0.971 bits per heavy atom. The number of ether oxygens (including phenoxy) is 1. The lowest BCUT2D eigenvalue weighted by Gasteiger charge is -2.30. The molecule has 11 nitrogen and oxygen atoms in total. The van der Waals surface area contributed by atoms with E-state index in [2.05, 4.69) is 16.0 Å². The van der Waals surface area contributed by atoms with Crippen molar-refractivity contribution in [1.82, 2.24) is 16.0 Å². The number of rotatable bonds is 11. The molecule has 0 unspecified atom stereocenters. The summed E-state index contributed by atoms with van der Waals surface area (Å²) < 4.78 is 5.23. The third-order valence-electron chi connectivity index (χ3n) is 5.67. The van der Waals surface area contributed by atoms with Crippen LogP contribution < -0.4 is 16.0 Å². The molecule has 0 spiro atoms. The molecule has 0 saturated heterocycles. The number of carbonyl (C=O) groups is 5. The van der Waals surface area contributed by atoms with Crippen molar-refractivity contribution < 1.29 is 38.9 Å². The van der Waals surface area contributed by atoms with Crippen molar-refractivity contribution in [3.05, 3.63) is 0 Å². The summed E-state index contributed by atoms with van der Waals surface area (Å²) in [6, 6.07) is -1.97. The zero-order valence-corrected chi connectivity index (χ0v) is 20.7. The standard InChI is InChI=1S/C23H39N3O8/c1-13(2)18(26-22(33)34-23(3,4)5)20(30)24-12-14-6-8-15(9-7-14)19(29)25-16(21(31)32)10-11-17(27)28/h13-16,18H,6-12H2,1-5H3,(H,24,30)(H,25,29)(H,26,33)(H,27,28)(H,31,32)/t14?,15?,16-,18-/m1/s1. The van der Waals surface area contributed by atoms with E-state index in [0.29, 0.717) is 32.2 Å². The van der Waals surface area contributed by atoms with E-state index in [0.717, 1.165) is 0 Å². The lowest BCUT2D eigenvalue weighted by atomic mass is 9.81. The van der Waals surface area contributed by atoms with Gasteiger partial charge in [-0.05, 0) is 64.7 Å². The van der Waals surface area contributed by atoms with Gasteiger partial charge in [0.2, 0.25) is 11.8 Å². The van der Waals surface area contributed by atoms with Crippen LogP contribution in [-0.2, 0) is 23.9 Å². The minimum atomic E-state index is -1.26. The summed E-state index contributed by atoms with van der Waals surface area (Å²) in [6.07, 6.45) is 1.27. The van der Waals surface area contributed by atoms with Crippen LogP contribution >= 0.6 is 0 Å². The molecule has 0 aromatic rings. The molecule has 0 heterocycles. The Hall–Kier alpha value is -2.85. The van der Waals surface area contributed by atoms with Gasteiger partial charge in [0.25, 0.3) is 0 Å². The molecule has 5 N–H and O–H groups in total. The summed E-state index contributed by atoms with van der Waals surface area (Å²) in [7, 11) is 0. The average molecular weight is 486 g/mol. The molecule has 1 rings (SSSR count). The molecular formula is C23H39N3O8. The van der Waals surface area contributed by atoms with E-state index in [1.165, 1.54) is 0 Å². The molecule has 1 aliphatic carbocycles. The van der Waals surface area contributed by atoms with Crippen LogP contribution in [0.5, 0.6) is 0 Å². The molecule has 194 valence electrons. The summed E-state index contributed by atoms with van der Waals surface area (Å²) in [4.78, 5) is 59.1. The van der Waals surface area contributed by atoms with Crippen LogP contribution in [0.15, 0.2) is 0 Å². The highest BCUT2D eigenvalue weighted by atomic mass is 16.6. The number of nitrogens with one attached hydrogen (secondary N) is 3. The maximum atomic E-state index is 12.7. The number of carboxylic acid groups (broad SMARTS) is 2. The van der Waals surface area contributed by atoms with Gasteiger partial charge in [-0.25, -0.2) is 9.59 Å². The maximum absolute atomic E-state index is 12.7. The predicted molar refractivity (Wildman–Crippen MR) is 123 cm³/mol. The highest BCUT2D eigenvalue weighted by Crippen LogP contribution is 2.28. The molecule has 0 radical (unpaired) electrons. The van der Waals surface area contributed by atoms with Crippen molar-refractivity contribution in [1.29, 1.82) is 0 Å². The van der Waals surface area contributed by atoms with Crippen LogP contribution in [0.2, 0.25) is 0 Å². The van der Waals surface area contributed by atoms with Gasteiger partial charge < -0.3 is 30.9 Å². The van der Waals surface area contributed by atoms with Crippen LogP contribution in [0.1, 0.15) is 73.1 Å². The molecule has 2 atom stereocenters. The van der Waals surface area contributed by atoms with Crippen LogP contribution in [0.4, 0.5) is 4.79 Å². The molecule has 0 bridgehead atoms. The highest BCUT2D eigenvalue weighted by molar-refractivity contribution is 5.86. The Morgan fingerprint density at radius 3 is 2.03 bits per heavy atom. The first kappa shape index (κ1) is 29.2. The van der Waals surface area contributed by atoms with E-state index < -0.39 is 35.7 Å². The molecule has 0 aromatic carbocycles. The minimum absolute atomic E-state index is 0.143. The largest absolute Gasteiger partial charge is 0.481 e. The second-order valence-corrected chi connectivity index (χ2v) is 10.2. The van der Waals surface area contributed by atoms with E-state index in [1.807, 2.05) is 13.8 Å². The van der Waals surface area contributed by atoms with Gasteiger partial charge >= 0.3 is 18.0 Å². The van der Waals surface area contributed by atoms with E-state index in [9.17, 15) is 29.1 Å². The number of amides is 3. The summed E-state index contributed by atoms with van der Waals surface area (Å²) >= 11 is 0. The fourth-order valence-corrected chi connectivity index (χ4v) is 3.77. The zero-order valence-electron chi connectivity index (χ0n) is 20.7. The van der Waals surface area contributed by atoms with E-state index in [4.69, 9.17) is 9.84 Å². The van der Waals surface area contributed by atoms with Crippen LogP contribution in [0, 0.1) is 17.8 Å². The van der Waals surface area contributed by atoms with Crippen molar-refractivity contribution >= 4 is 29.8 Å². The van der Waals surface area contributed by atoms with Crippen LogP contribution in [-0.4, -0.2) is 64.3 Å². The Kier molecular flexibility index (Phi) is 11.3. The second kappa shape index (κ2) is 13.1. The summed E-state index contributed by atoms with van der Waals surface area (Å²) in [5.74, 6) is -3.41. The summed E-state index contributed by atoms with van der Waals surface area (Å²) in [5, 5.41) is 25.9. The van der Waals surface area contributed by atoms with Crippen molar-refractivity contribution in [2.24, 2.45) is 17.8 Å². The van der Waals surface area contributed by atoms with Crippen molar-refractivity contribution in [3.8, 4) is 0 Å². The highest BCUT2D eigenvalue weighted by Gasteiger charge is 2.31. The Bertz CT molecular complexity index is 739. The van der Waals surface area contributed by atoms with Crippen molar-refractivity contribution in [2.45, 2.75) is 90.8 Å². The van der Waals surface area contributed by atoms with Crippen molar-refractivity contribution in [2.75, 3.05) is 6.54 Å². The normalized spacial score (nSPS) is 20.1. The van der Waals surface area contributed by atoms with Gasteiger partial charge in [0.1, 0.15) is 17.7 Å². The first-order chi connectivity index (χ1) is 15.7. The smallest absolute Gasteiger partial charge is 0.408 e. The molecule has 0 aliphatic heterocycles. The number of alkyl carbamates (subject to hydrolysis) is 1. The van der Waals surface area contributed by atoms with Gasteiger partial charge in [-0.1, -0.05) is 13.8 Å². The first-order valence-electron chi connectivity index (χ1n) is 11.7. The second-order valence-electron chi connectivity index (χ2n) is 10.2. The lowest BCUT2D eigenvalue weighted by Crippen LogP contribution is -2.51. The van der Waals surface area contributed by atoms with Gasteiger partial charge in [-0.2, -0.15) is 0 Å². The molecule has 34 heavy (non-hydrogen) atoms. The Labute approximate surface area is 200 Å². The molecule has 1 saturated carbocycles. The number of carbonyl (C=O) groups excluding carboxylic acids is 3. The van der Waals surface area contributed by atoms with E-state index in [1.54, 1.807) is 20.8 Å². The van der Waals surface area contributed by atoms with Gasteiger partial charge in [-0.3, -0.25) is 14.4 Å². The number of carboxylic acids is 2.